The molecule has 0 spiro atoms. The van der Waals surface area contributed by atoms with Crippen molar-refractivity contribution in [3.05, 3.63) is 99.3 Å². The van der Waals surface area contributed by atoms with Gasteiger partial charge in [0.15, 0.2) is 0 Å². The number of fused-ring (bicyclic) bond motifs is 5. The molecule has 3 heterocycles. The van der Waals surface area contributed by atoms with Crippen molar-refractivity contribution in [1.29, 1.82) is 0 Å². The van der Waals surface area contributed by atoms with Gasteiger partial charge in [-0.05, 0) is 68.8 Å². The summed E-state index contributed by atoms with van der Waals surface area (Å²) in [5, 5.41) is 18.4. The highest BCUT2D eigenvalue weighted by Gasteiger charge is 2.63. The summed E-state index contributed by atoms with van der Waals surface area (Å²) in [6.45, 7) is 6.33. The minimum Gasteiger partial charge on any atom is -0.478 e. The van der Waals surface area contributed by atoms with Gasteiger partial charge in [-0.25, -0.2) is 13.9 Å². The van der Waals surface area contributed by atoms with Crippen molar-refractivity contribution in [2.24, 2.45) is 0 Å². The minimum atomic E-state index is -1.33. The number of carbonyl (C=O) groups excluding carboxylic acids is 1. The molecule has 2 aliphatic heterocycles. The number of amides is 1. The normalized spacial score (nSPS) is 22.9. The van der Waals surface area contributed by atoms with E-state index in [4.69, 9.17) is 33.0 Å². The van der Waals surface area contributed by atoms with E-state index >= 15 is 4.39 Å². The molecule has 1 fully saturated rings. The number of aromatic nitrogens is 2. The summed E-state index contributed by atoms with van der Waals surface area (Å²) in [6, 6.07) is 15.3. The van der Waals surface area contributed by atoms with Crippen LogP contribution in [0.3, 0.4) is 0 Å². The Morgan fingerprint density at radius 3 is 2.65 bits per heavy atom. The number of ether oxygens (including phenoxy) is 1. The van der Waals surface area contributed by atoms with Gasteiger partial charge in [0, 0.05) is 23.2 Å². The molecular weight excluding hydrogens is 594 g/mol. The fraction of sp³-hybridized carbons (Fsp3) is 0.281. The van der Waals surface area contributed by atoms with Gasteiger partial charge in [0.25, 0.3) is 0 Å². The van der Waals surface area contributed by atoms with E-state index in [2.05, 4.69) is 5.32 Å². The number of rotatable bonds is 6. The summed E-state index contributed by atoms with van der Waals surface area (Å²) >= 11 is 12.5. The van der Waals surface area contributed by atoms with Crippen molar-refractivity contribution in [3.63, 3.8) is 0 Å². The Labute approximate surface area is 257 Å². The number of nitrogens with one attached hydrogen (secondary N) is 1. The SMILES string of the molecule is CC(C)=CCN1[C@H]2COc3c4ccc(C(=O)O)cc4nn3[C@H]2[C@H](c2cccc(Cl)c2F)[C@]1(C)C(=O)Nc1cccc(Cl)c1. The van der Waals surface area contributed by atoms with Crippen LogP contribution in [0.4, 0.5) is 10.1 Å². The number of benzene rings is 3. The molecule has 222 valence electrons. The Morgan fingerprint density at radius 1 is 1.16 bits per heavy atom. The molecule has 4 atom stereocenters. The first-order valence-corrected chi connectivity index (χ1v) is 14.6. The first kappa shape index (κ1) is 29.2. The van der Waals surface area contributed by atoms with Crippen LogP contribution in [0, 0.1) is 5.82 Å². The van der Waals surface area contributed by atoms with Gasteiger partial charge in [0.2, 0.25) is 11.8 Å². The molecule has 0 aliphatic carbocycles. The lowest BCUT2D eigenvalue weighted by molar-refractivity contribution is -0.127. The van der Waals surface area contributed by atoms with Gasteiger partial charge < -0.3 is 15.2 Å². The predicted octanol–water partition coefficient (Wildman–Crippen LogP) is 6.95. The van der Waals surface area contributed by atoms with Crippen LogP contribution in [0.25, 0.3) is 10.9 Å². The Bertz CT molecular complexity index is 1800. The van der Waals surface area contributed by atoms with E-state index in [9.17, 15) is 14.7 Å². The zero-order valence-corrected chi connectivity index (χ0v) is 25.2. The van der Waals surface area contributed by atoms with E-state index in [0.29, 0.717) is 34.0 Å². The van der Waals surface area contributed by atoms with Crippen molar-refractivity contribution in [2.75, 3.05) is 18.5 Å². The molecule has 8 nitrogen and oxygen atoms in total. The molecule has 4 aromatic rings. The summed E-state index contributed by atoms with van der Waals surface area (Å²) in [4.78, 5) is 28.3. The fourth-order valence-corrected chi connectivity index (χ4v) is 6.80. The molecule has 11 heteroatoms. The molecule has 0 unspecified atom stereocenters. The molecule has 43 heavy (non-hydrogen) atoms. The fourth-order valence-electron chi connectivity index (χ4n) is 6.43. The van der Waals surface area contributed by atoms with E-state index in [-0.39, 0.29) is 28.7 Å². The second-order valence-corrected chi connectivity index (χ2v) is 12.2. The van der Waals surface area contributed by atoms with E-state index in [1.807, 2.05) is 24.8 Å². The smallest absolute Gasteiger partial charge is 0.335 e. The van der Waals surface area contributed by atoms with Gasteiger partial charge in [-0.3, -0.25) is 9.69 Å². The average Bonchev–Trinajstić information content (AvgIpc) is 3.46. The maximum atomic E-state index is 16.0. The third-order valence-corrected chi connectivity index (χ3v) is 8.99. The first-order valence-electron chi connectivity index (χ1n) is 13.8. The van der Waals surface area contributed by atoms with Crippen LogP contribution in [0.2, 0.25) is 10.0 Å². The van der Waals surface area contributed by atoms with E-state index in [1.165, 1.54) is 18.2 Å². The summed E-state index contributed by atoms with van der Waals surface area (Å²) in [6.07, 6.45) is 2.02. The van der Waals surface area contributed by atoms with Crippen molar-refractivity contribution in [1.82, 2.24) is 14.7 Å². The van der Waals surface area contributed by atoms with Crippen molar-refractivity contribution < 1.29 is 23.8 Å². The van der Waals surface area contributed by atoms with Crippen LogP contribution >= 0.6 is 23.2 Å². The number of carboxylic acids is 1. The standard InChI is InChI=1S/C32H29Cl2FN4O4/c1-17(2)12-13-38-25-16-43-29-21-11-10-18(30(40)41)14-24(21)37-39(29)28(25)26(22-8-5-9-23(34)27(22)35)32(38,3)31(42)36-20-7-4-6-19(33)15-20/h4-12,14-15,25-26,28H,13,16H2,1-3H3,(H,36,42)(H,40,41)/t25-,26-,28+,32+/m0/s1. The zero-order valence-electron chi connectivity index (χ0n) is 23.6. The van der Waals surface area contributed by atoms with Crippen LogP contribution < -0.4 is 10.1 Å². The molecule has 1 aromatic heterocycles. The number of nitrogens with zero attached hydrogens (tertiary/aromatic N) is 3. The summed E-state index contributed by atoms with van der Waals surface area (Å²) in [5.41, 5.74) is 1.00. The number of halogens is 3. The number of hydrogen-bond donors (Lipinski definition) is 2. The van der Waals surface area contributed by atoms with Crippen LogP contribution in [0.5, 0.6) is 5.88 Å². The van der Waals surface area contributed by atoms with E-state index in [0.717, 1.165) is 5.57 Å². The van der Waals surface area contributed by atoms with Gasteiger partial charge >= 0.3 is 5.97 Å². The van der Waals surface area contributed by atoms with Crippen LogP contribution in [-0.4, -0.2) is 56.4 Å². The predicted molar refractivity (Wildman–Crippen MR) is 164 cm³/mol. The van der Waals surface area contributed by atoms with E-state index in [1.54, 1.807) is 54.1 Å². The molecule has 1 amide bonds. The summed E-state index contributed by atoms with van der Waals surface area (Å²) in [7, 11) is 0. The summed E-state index contributed by atoms with van der Waals surface area (Å²) < 4.78 is 24.0. The molecule has 1 saturated heterocycles. The lowest BCUT2D eigenvalue weighted by atomic mass is 9.77. The number of anilines is 1. The van der Waals surface area contributed by atoms with Gasteiger partial charge in [0.1, 0.15) is 18.0 Å². The number of carbonyl (C=O) groups is 2. The average molecular weight is 624 g/mol. The van der Waals surface area contributed by atoms with Gasteiger partial charge in [-0.2, -0.15) is 5.10 Å². The third-order valence-electron chi connectivity index (χ3n) is 8.47. The van der Waals surface area contributed by atoms with Crippen LogP contribution in [0.15, 0.2) is 72.3 Å². The van der Waals surface area contributed by atoms with Crippen LogP contribution in [0.1, 0.15) is 48.7 Å². The topological polar surface area (TPSA) is 96.7 Å². The highest BCUT2D eigenvalue weighted by molar-refractivity contribution is 6.31. The van der Waals surface area contributed by atoms with Crippen molar-refractivity contribution in [2.45, 2.75) is 44.3 Å². The number of allylic oxidation sites excluding steroid dienone is 1. The molecule has 0 bridgehead atoms. The molecule has 6 rings (SSSR count). The molecule has 0 radical (unpaired) electrons. The van der Waals surface area contributed by atoms with Crippen molar-refractivity contribution >= 4 is 51.7 Å². The van der Waals surface area contributed by atoms with Crippen LogP contribution in [-0.2, 0) is 4.79 Å². The largest absolute Gasteiger partial charge is 0.478 e. The number of hydrogen-bond acceptors (Lipinski definition) is 5. The maximum Gasteiger partial charge on any atom is 0.335 e. The monoisotopic (exact) mass is 622 g/mol. The number of aromatic carboxylic acids is 1. The maximum absolute atomic E-state index is 16.0. The zero-order chi connectivity index (χ0) is 30.6. The van der Waals surface area contributed by atoms with Gasteiger partial charge in [-0.15, -0.1) is 0 Å². The van der Waals surface area contributed by atoms with Crippen molar-refractivity contribution in [3.8, 4) is 5.88 Å². The Hall–Kier alpha value is -3.92. The highest BCUT2D eigenvalue weighted by Crippen LogP contribution is 2.56. The Kier molecular flexibility index (Phi) is 7.44. The van der Waals surface area contributed by atoms with Gasteiger partial charge in [-0.1, -0.05) is 53.1 Å². The Morgan fingerprint density at radius 2 is 1.93 bits per heavy atom. The second kappa shape index (κ2) is 11.0. The van der Waals surface area contributed by atoms with E-state index < -0.39 is 35.3 Å². The molecule has 0 saturated carbocycles. The second-order valence-electron chi connectivity index (χ2n) is 11.3. The first-order chi connectivity index (χ1) is 20.5. The lowest BCUT2D eigenvalue weighted by Gasteiger charge is -2.39. The minimum absolute atomic E-state index is 0.0570. The summed E-state index contributed by atoms with van der Waals surface area (Å²) in [5.74, 6) is -2.40. The number of carboxylic acid groups (broad SMARTS) is 1. The highest BCUT2D eigenvalue weighted by atomic mass is 35.5. The molecule has 3 aromatic carbocycles. The number of likely N-dealkylation sites (tertiary alicyclic amines) is 1. The quantitative estimate of drug-likeness (QED) is 0.226. The molecule has 2 aliphatic rings. The Balaban J connectivity index is 1.58. The third kappa shape index (κ3) is 4.85. The molecule has 2 N–H and O–H groups in total. The molecular formula is C32H29Cl2FN4O4. The van der Waals surface area contributed by atoms with Gasteiger partial charge in [0.05, 0.1) is 33.6 Å². The lowest BCUT2D eigenvalue weighted by Crippen LogP contribution is -2.56.